The van der Waals surface area contributed by atoms with Gasteiger partial charge in [-0.3, -0.25) is 0 Å². The van der Waals surface area contributed by atoms with E-state index in [4.69, 9.17) is 4.74 Å². The first-order valence-electron chi connectivity index (χ1n) is 5.51. The van der Waals surface area contributed by atoms with Gasteiger partial charge in [0.15, 0.2) is 0 Å². The molecule has 0 spiro atoms. The van der Waals surface area contributed by atoms with Crippen molar-refractivity contribution in [3.63, 3.8) is 0 Å². The molecule has 1 saturated carbocycles. The third-order valence-corrected chi connectivity index (χ3v) is 2.68. The first-order valence-corrected chi connectivity index (χ1v) is 5.51. The van der Waals surface area contributed by atoms with Crippen LogP contribution in [0.4, 0.5) is 0 Å². The Hall–Kier alpha value is -0.0800. The molecular weight excluding hydrogens is 162 g/mol. The van der Waals surface area contributed by atoms with Crippen molar-refractivity contribution in [2.75, 3.05) is 13.2 Å². The third-order valence-electron chi connectivity index (χ3n) is 2.68. The highest BCUT2D eigenvalue weighted by Crippen LogP contribution is 2.18. The highest BCUT2D eigenvalue weighted by atomic mass is 16.5. The number of hydrogen-bond donors (Lipinski definition) is 1. The van der Waals surface area contributed by atoms with Gasteiger partial charge in [-0.05, 0) is 46.1 Å². The van der Waals surface area contributed by atoms with Gasteiger partial charge >= 0.3 is 0 Å². The molecule has 0 atom stereocenters. The van der Waals surface area contributed by atoms with Gasteiger partial charge < -0.3 is 10.1 Å². The maximum Gasteiger partial charge on any atom is 0.0623 e. The maximum atomic E-state index is 5.74. The fourth-order valence-corrected chi connectivity index (χ4v) is 1.12. The predicted molar refractivity (Wildman–Crippen MR) is 56.0 cm³/mol. The lowest BCUT2D eigenvalue weighted by Gasteiger charge is -2.23. The fraction of sp³-hybridized carbons (Fsp3) is 1.00. The van der Waals surface area contributed by atoms with Crippen molar-refractivity contribution < 1.29 is 4.74 Å². The Morgan fingerprint density at radius 1 is 1.38 bits per heavy atom. The lowest BCUT2D eigenvalue weighted by Crippen LogP contribution is -2.25. The summed E-state index contributed by atoms with van der Waals surface area (Å²) in [4.78, 5) is 0. The molecule has 1 aliphatic carbocycles. The summed E-state index contributed by atoms with van der Waals surface area (Å²) in [6, 6.07) is 0.833. The van der Waals surface area contributed by atoms with Crippen molar-refractivity contribution in [3.8, 4) is 0 Å². The molecule has 0 unspecified atom stereocenters. The van der Waals surface area contributed by atoms with E-state index in [1.807, 2.05) is 0 Å². The van der Waals surface area contributed by atoms with Crippen LogP contribution >= 0.6 is 0 Å². The van der Waals surface area contributed by atoms with Crippen molar-refractivity contribution in [3.05, 3.63) is 0 Å². The fourth-order valence-electron chi connectivity index (χ4n) is 1.12. The number of nitrogens with one attached hydrogen (secondary N) is 1. The van der Waals surface area contributed by atoms with Crippen LogP contribution in [0, 0.1) is 0 Å². The Morgan fingerprint density at radius 3 is 2.62 bits per heavy atom. The number of hydrogen-bond acceptors (Lipinski definition) is 2. The average molecular weight is 185 g/mol. The van der Waals surface area contributed by atoms with Gasteiger partial charge in [0, 0.05) is 12.6 Å². The van der Waals surface area contributed by atoms with Gasteiger partial charge in [-0.25, -0.2) is 0 Å². The van der Waals surface area contributed by atoms with Gasteiger partial charge in [-0.1, -0.05) is 6.92 Å². The Kier molecular flexibility index (Phi) is 4.20. The molecule has 2 nitrogen and oxygen atoms in total. The van der Waals surface area contributed by atoms with E-state index in [2.05, 4.69) is 26.1 Å². The van der Waals surface area contributed by atoms with E-state index >= 15 is 0 Å². The van der Waals surface area contributed by atoms with E-state index in [0.29, 0.717) is 0 Å². The van der Waals surface area contributed by atoms with E-state index in [0.717, 1.165) is 32.0 Å². The molecule has 0 aromatic rings. The zero-order valence-electron chi connectivity index (χ0n) is 9.23. The number of rotatable bonds is 7. The maximum absolute atomic E-state index is 5.74. The van der Waals surface area contributed by atoms with Gasteiger partial charge in [-0.15, -0.1) is 0 Å². The quantitative estimate of drug-likeness (QED) is 0.615. The van der Waals surface area contributed by atoms with Crippen molar-refractivity contribution >= 4 is 0 Å². The molecule has 13 heavy (non-hydrogen) atoms. The molecule has 1 aliphatic rings. The molecule has 0 aliphatic heterocycles. The van der Waals surface area contributed by atoms with Gasteiger partial charge in [0.1, 0.15) is 0 Å². The molecule has 0 saturated heterocycles. The summed E-state index contributed by atoms with van der Waals surface area (Å²) in [5.41, 5.74) is 0.0690. The van der Waals surface area contributed by atoms with Crippen LogP contribution in [0.2, 0.25) is 0 Å². The average Bonchev–Trinajstić information content (AvgIpc) is 2.87. The van der Waals surface area contributed by atoms with Crippen molar-refractivity contribution in [2.24, 2.45) is 0 Å². The lowest BCUT2D eigenvalue weighted by molar-refractivity contribution is -0.0208. The first-order chi connectivity index (χ1) is 6.14. The second kappa shape index (κ2) is 4.97. The Morgan fingerprint density at radius 2 is 2.08 bits per heavy atom. The van der Waals surface area contributed by atoms with Gasteiger partial charge in [0.2, 0.25) is 0 Å². The van der Waals surface area contributed by atoms with Gasteiger partial charge in [-0.2, -0.15) is 0 Å². The van der Waals surface area contributed by atoms with Crippen LogP contribution in [0.15, 0.2) is 0 Å². The Balaban J connectivity index is 1.87. The summed E-state index contributed by atoms with van der Waals surface area (Å²) in [7, 11) is 0. The number of ether oxygens (including phenoxy) is 1. The Bertz CT molecular complexity index is 141. The van der Waals surface area contributed by atoms with Crippen LogP contribution in [0.1, 0.15) is 46.5 Å². The molecule has 0 radical (unpaired) electrons. The van der Waals surface area contributed by atoms with E-state index in [-0.39, 0.29) is 5.60 Å². The standard InChI is InChI=1S/C11H23NO/c1-4-11(2,3)13-9-5-8-12-10-6-7-10/h10,12H,4-9H2,1-3H3. The minimum Gasteiger partial charge on any atom is -0.376 e. The van der Waals surface area contributed by atoms with Crippen LogP contribution in [0.3, 0.4) is 0 Å². The predicted octanol–water partition coefficient (Wildman–Crippen LogP) is 2.33. The van der Waals surface area contributed by atoms with Crippen molar-refractivity contribution in [1.82, 2.24) is 5.32 Å². The molecule has 1 N–H and O–H groups in total. The Labute approximate surface area is 82.0 Å². The molecule has 78 valence electrons. The lowest BCUT2D eigenvalue weighted by atomic mass is 10.1. The van der Waals surface area contributed by atoms with E-state index in [1.165, 1.54) is 12.8 Å². The van der Waals surface area contributed by atoms with Crippen molar-refractivity contribution in [1.29, 1.82) is 0 Å². The molecule has 2 heteroatoms. The van der Waals surface area contributed by atoms with Crippen LogP contribution in [-0.4, -0.2) is 24.8 Å². The minimum atomic E-state index is 0.0690. The largest absolute Gasteiger partial charge is 0.376 e. The van der Waals surface area contributed by atoms with E-state index < -0.39 is 0 Å². The molecule has 0 heterocycles. The smallest absolute Gasteiger partial charge is 0.0623 e. The molecule has 0 aromatic heterocycles. The summed E-state index contributed by atoms with van der Waals surface area (Å²) in [6.07, 6.45) is 4.98. The summed E-state index contributed by atoms with van der Waals surface area (Å²) in [5, 5.41) is 3.48. The van der Waals surface area contributed by atoms with Crippen LogP contribution in [-0.2, 0) is 4.74 Å². The zero-order valence-corrected chi connectivity index (χ0v) is 9.23. The second-order valence-electron chi connectivity index (χ2n) is 4.54. The molecule has 0 amide bonds. The summed E-state index contributed by atoms with van der Waals surface area (Å²) >= 11 is 0. The SMILES string of the molecule is CCC(C)(C)OCCCNC1CC1. The van der Waals surface area contributed by atoms with E-state index in [1.54, 1.807) is 0 Å². The van der Waals surface area contributed by atoms with Crippen LogP contribution in [0.5, 0.6) is 0 Å². The van der Waals surface area contributed by atoms with Crippen molar-refractivity contribution in [2.45, 2.75) is 58.1 Å². The van der Waals surface area contributed by atoms with Crippen LogP contribution in [0.25, 0.3) is 0 Å². The molecule has 1 fully saturated rings. The van der Waals surface area contributed by atoms with E-state index in [9.17, 15) is 0 Å². The highest BCUT2D eigenvalue weighted by Gasteiger charge is 2.19. The minimum absolute atomic E-state index is 0.0690. The zero-order chi connectivity index (χ0) is 9.73. The summed E-state index contributed by atoms with van der Waals surface area (Å²) in [5.74, 6) is 0. The summed E-state index contributed by atoms with van der Waals surface area (Å²) < 4.78 is 5.74. The summed E-state index contributed by atoms with van der Waals surface area (Å²) in [6.45, 7) is 8.48. The normalized spacial score (nSPS) is 17.8. The molecular formula is C11H23NO. The molecule has 1 rings (SSSR count). The first kappa shape index (κ1) is 11.0. The third kappa shape index (κ3) is 5.27. The highest BCUT2D eigenvalue weighted by molar-refractivity contribution is 4.80. The molecule has 0 aromatic carbocycles. The van der Waals surface area contributed by atoms with Crippen LogP contribution < -0.4 is 5.32 Å². The topological polar surface area (TPSA) is 21.3 Å². The second-order valence-corrected chi connectivity index (χ2v) is 4.54. The van der Waals surface area contributed by atoms with Gasteiger partial charge in [0.05, 0.1) is 5.60 Å². The molecule has 0 bridgehead atoms. The van der Waals surface area contributed by atoms with Gasteiger partial charge in [0.25, 0.3) is 0 Å². The monoisotopic (exact) mass is 185 g/mol.